The Kier molecular flexibility index (Phi) is 4.87. The second kappa shape index (κ2) is 6.28. The quantitative estimate of drug-likeness (QED) is 0.902. The summed E-state index contributed by atoms with van der Waals surface area (Å²) in [5, 5.41) is 3.76. The Morgan fingerprint density at radius 3 is 2.75 bits per heavy atom. The lowest BCUT2D eigenvalue weighted by Crippen LogP contribution is -2.63. The van der Waals surface area contributed by atoms with Gasteiger partial charge in [0.15, 0.2) is 0 Å². The largest absolute Gasteiger partial charge is 0.309 e. The fraction of sp³-hybridized carbons (Fsp3) is 0.667. The Labute approximate surface area is 124 Å². The molecule has 1 aliphatic heterocycles. The van der Waals surface area contributed by atoms with Crippen LogP contribution in [0.2, 0.25) is 0 Å². The molecule has 2 atom stereocenters. The highest BCUT2D eigenvalue weighted by Gasteiger charge is 2.35. The number of nitrogens with zero attached hydrogens (tertiary/aromatic N) is 1. The van der Waals surface area contributed by atoms with E-state index in [1.54, 1.807) is 0 Å². The predicted molar refractivity (Wildman–Crippen MR) is 86.9 cm³/mol. The first-order chi connectivity index (χ1) is 9.43. The second-order valence-corrected chi connectivity index (χ2v) is 7.00. The zero-order chi connectivity index (χ0) is 14.8. The minimum atomic E-state index is 0.259. The molecule has 0 radical (unpaired) electrons. The average Bonchev–Trinajstić information content (AvgIpc) is 2.38. The van der Waals surface area contributed by atoms with Gasteiger partial charge in [0.2, 0.25) is 0 Å². The number of nitrogens with one attached hydrogen (secondary N) is 1. The number of hydrogen-bond acceptors (Lipinski definition) is 2. The molecule has 1 aliphatic rings. The molecule has 112 valence electrons. The molecule has 2 nitrogen and oxygen atoms in total. The molecule has 2 unspecified atom stereocenters. The van der Waals surface area contributed by atoms with Crippen LogP contribution in [-0.4, -0.2) is 29.6 Å². The highest BCUT2D eigenvalue weighted by atomic mass is 15.3. The molecule has 0 amide bonds. The van der Waals surface area contributed by atoms with Crippen molar-refractivity contribution >= 4 is 0 Å². The molecular weight excluding hydrogens is 244 g/mol. The molecule has 1 heterocycles. The average molecular weight is 274 g/mol. The van der Waals surface area contributed by atoms with Crippen LogP contribution in [-0.2, 0) is 6.54 Å². The van der Waals surface area contributed by atoms with Gasteiger partial charge in [0.1, 0.15) is 0 Å². The maximum absolute atomic E-state index is 3.76. The topological polar surface area (TPSA) is 15.3 Å². The van der Waals surface area contributed by atoms with Crippen molar-refractivity contribution in [1.82, 2.24) is 10.2 Å². The summed E-state index contributed by atoms with van der Waals surface area (Å²) in [5.74, 6) is 0.689. The van der Waals surface area contributed by atoms with Crippen LogP contribution in [0, 0.1) is 12.8 Å². The smallest absolute Gasteiger partial charge is 0.0278 e. The number of rotatable bonds is 4. The molecule has 0 spiro atoms. The van der Waals surface area contributed by atoms with Crippen molar-refractivity contribution in [2.45, 2.75) is 59.2 Å². The monoisotopic (exact) mass is 274 g/mol. The van der Waals surface area contributed by atoms with Crippen LogP contribution in [0.25, 0.3) is 0 Å². The molecule has 1 N–H and O–H groups in total. The van der Waals surface area contributed by atoms with Gasteiger partial charge in [0, 0.05) is 31.2 Å². The van der Waals surface area contributed by atoms with Crippen molar-refractivity contribution in [2.75, 3.05) is 13.1 Å². The molecule has 1 aromatic rings. The highest BCUT2D eigenvalue weighted by Crippen LogP contribution is 2.24. The van der Waals surface area contributed by atoms with Crippen LogP contribution in [0.15, 0.2) is 24.3 Å². The van der Waals surface area contributed by atoms with E-state index < -0.39 is 0 Å². The van der Waals surface area contributed by atoms with E-state index in [1.807, 2.05) is 0 Å². The van der Waals surface area contributed by atoms with Crippen molar-refractivity contribution in [3.05, 3.63) is 35.4 Å². The lowest BCUT2D eigenvalue weighted by atomic mass is 9.89. The summed E-state index contributed by atoms with van der Waals surface area (Å²) in [6, 6.07) is 9.57. The lowest BCUT2D eigenvalue weighted by Gasteiger charge is -2.47. The Morgan fingerprint density at radius 2 is 2.15 bits per heavy atom. The van der Waals surface area contributed by atoms with Crippen LogP contribution in [0.1, 0.15) is 45.2 Å². The van der Waals surface area contributed by atoms with Gasteiger partial charge in [0.25, 0.3) is 0 Å². The van der Waals surface area contributed by atoms with E-state index in [-0.39, 0.29) is 5.54 Å². The summed E-state index contributed by atoms with van der Waals surface area (Å²) in [6.45, 7) is 14.8. The number of benzene rings is 1. The summed E-state index contributed by atoms with van der Waals surface area (Å²) in [5.41, 5.74) is 3.06. The van der Waals surface area contributed by atoms with Gasteiger partial charge >= 0.3 is 0 Å². The maximum atomic E-state index is 3.76. The molecule has 0 aliphatic carbocycles. The molecule has 1 fully saturated rings. The number of piperazine rings is 1. The second-order valence-electron chi connectivity index (χ2n) is 7.00. The zero-order valence-corrected chi connectivity index (χ0v) is 13.7. The Morgan fingerprint density at radius 1 is 1.40 bits per heavy atom. The fourth-order valence-corrected chi connectivity index (χ4v) is 3.21. The van der Waals surface area contributed by atoms with Gasteiger partial charge < -0.3 is 5.32 Å². The Balaban J connectivity index is 2.15. The third-order valence-electron chi connectivity index (χ3n) is 4.78. The molecule has 0 bridgehead atoms. The van der Waals surface area contributed by atoms with E-state index >= 15 is 0 Å². The summed E-state index contributed by atoms with van der Waals surface area (Å²) in [4.78, 5) is 2.68. The summed E-state index contributed by atoms with van der Waals surface area (Å²) < 4.78 is 0. The SMILES string of the molecule is CCC1(C)CN(Cc2cccc(C)c2)C(C(C)C)CN1. The Bertz CT molecular complexity index is 441. The predicted octanol–water partition coefficient (Wildman–Crippen LogP) is 3.59. The number of hydrogen-bond donors (Lipinski definition) is 1. The third kappa shape index (κ3) is 3.62. The zero-order valence-electron chi connectivity index (χ0n) is 13.7. The first-order valence-electron chi connectivity index (χ1n) is 7.98. The molecule has 2 heteroatoms. The standard InChI is InChI=1S/C18H30N2/c1-6-18(5)13-20(17(11-19-18)14(2)3)12-16-9-7-8-15(4)10-16/h7-10,14,17,19H,6,11-13H2,1-5H3. The van der Waals surface area contributed by atoms with Crippen molar-refractivity contribution in [2.24, 2.45) is 5.92 Å². The van der Waals surface area contributed by atoms with Crippen LogP contribution >= 0.6 is 0 Å². The van der Waals surface area contributed by atoms with E-state index in [0.717, 1.165) is 19.6 Å². The van der Waals surface area contributed by atoms with Crippen molar-refractivity contribution in [1.29, 1.82) is 0 Å². The highest BCUT2D eigenvalue weighted by molar-refractivity contribution is 5.22. The van der Waals surface area contributed by atoms with Crippen LogP contribution in [0.5, 0.6) is 0 Å². The van der Waals surface area contributed by atoms with Gasteiger partial charge in [-0.3, -0.25) is 4.90 Å². The van der Waals surface area contributed by atoms with Crippen LogP contribution < -0.4 is 5.32 Å². The number of aryl methyl sites for hydroxylation is 1. The Hall–Kier alpha value is -0.860. The van der Waals surface area contributed by atoms with Gasteiger partial charge in [-0.05, 0) is 31.7 Å². The first-order valence-corrected chi connectivity index (χ1v) is 7.98. The summed E-state index contributed by atoms with van der Waals surface area (Å²) >= 11 is 0. The van der Waals surface area contributed by atoms with Crippen LogP contribution in [0.4, 0.5) is 0 Å². The van der Waals surface area contributed by atoms with Gasteiger partial charge in [0.05, 0.1) is 0 Å². The van der Waals surface area contributed by atoms with E-state index in [4.69, 9.17) is 0 Å². The minimum Gasteiger partial charge on any atom is -0.309 e. The maximum Gasteiger partial charge on any atom is 0.0278 e. The molecule has 20 heavy (non-hydrogen) atoms. The molecule has 1 aromatic carbocycles. The van der Waals surface area contributed by atoms with Gasteiger partial charge in [-0.2, -0.15) is 0 Å². The first kappa shape index (κ1) is 15.5. The van der Waals surface area contributed by atoms with Gasteiger partial charge in [-0.25, -0.2) is 0 Å². The normalized spacial score (nSPS) is 28.0. The molecule has 0 saturated carbocycles. The summed E-state index contributed by atoms with van der Waals surface area (Å²) in [7, 11) is 0. The van der Waals surface area contributed by atoms with Gasteiger partial charge in [-0.1, -0.05) is 50.6 Å². The van der Waals surface area contributed by atoms with E-state index in [0.29, 0.717) is 12.0 Å². The molecule has 2 rings (SSSR count). The summed E-state index contributed by atoms with van der Waals surface area (Å²) in [6.07, 6.45) is 1.18. The van der Waals surface area contributed by atoms with E-state index in [1.165, 1.54) is 17.5 Å². The van der Waals surface area contributed by atoms with Crippen molar-refractivity contribution < 1.29 is 0 Å². The van der Waals surface area contributed by atoms with Crippen molar-refractivity contribution in [3.63, 3.8) is 0 Å². The lowest BCUT2D eigenvalue weighted by molar-refractivity contribution is 0.0539. The molecular formula is C18H30N2. The molecule has 1 saturated heterocycles. The van der Waals surface area contributed by atoms with E-state index in [9.17, 15) is 0 Å². The molecule has 0 aromatic heterocycles. The van der Waals surface area contributed by atoms with Crippen molar-refractivity contribution in [3.8, 4) is 0 Å². The minimum absolute atomic E-state index is 0.259. The van der Waals surface area contributed by atoms with E-state index in [2.05, 4.69) is 69.1 Å². The van der Waals surface area contributed by atoms with Crippen LogP contribution in [0.3, 0.4) is 0 Å². The fourth-order valence-electron chi connectivity index (χ4n) is 3.21. The third-order valence-corrected chi connectivity index (χ3v) is 4.78. The van der Waals surface area contributed by atoms with Gasteiger partial charge in [-0.15, -0.1) is 0 Å².